The number of nitrogens with zero attached hydrogens (tertiary/aromatic N) is 3. The standard InChI is InChI=1S/C26H20ClFN6O4/c1-13-21(23(35)32-20-11-14(9-10-29-20)24(36)37-2)22(16-5-3-4-6-17(16)27)33-25(30-13)34-26-31-18-12-15(28)7-8-19(18)38-26/h3-12,22H,1-2H3,(H,29,32,35)(H2,30,31,33,34). The van der Waals surface area contributed by atoms with E-state index in [0.717, 1.165) is 0 Å². The molecule has 1 atom stereocenters. The Kier molecular flexibility index (Phi) is 6.75. The first-order valence-corrected chi connectivity index (χ1v) is 11.7. The van der Waals surface area contributed by atoms with Crippen molar-refractivity contribution in [2.45, 2.75) is 13.0 Å². The summed E-state index contributed by atoms with van der Waals surface area (Å²) < 4.78 is 23.9. The molecule has 12 heteroatoms. The van der Waals surface area contributed by atoms with E-state index in [4.69, 9.17) is 20.8 Å². The number of carbonyl (C=O) groups excluding carboxylic acids is 2. The second-order valence-corrected chi connectivity index (χ2v) is 8.60. The molecule has 0 saturated heterocycles. The van der Waals surface area contributed by atoms with E-state index in [1.165, 1.54) is 43.6 Å². The number of pyridine rings is 1. The molecule has 2 aromatic carbocycles. The van der Waals surface area contributed by atoms with Crippen molar-refractivity contribution in [2.75, 3.05) is 17.7 Å². The molecule has 38 heavy (non-hydrogen) atoms. The van der Waals surface area contributed by atoms with Crippen LogP contribution in [0.2, 0.25) is 5.02 Å². The van der Waals surface area contributed by atoms with E-state index in [9.17, 15) is 14.0 Å². The van der Waals surface area contributed by atoms with Crippen molar-refractivity contribution in [3.8, 4) is 0 Å². The number of rotatable bonds is 5. The fourth-order valence-corrected chi connectivity index (χ4v) is 4.18. The summed E-state index contributed by atoms with van der Waals surface area (Å²) in [6, 6.07) is 13.2. The van der Waals surface area contributed by atoms with Crippen LogP contribution in [0, 0.1) is 5.82 Å². The molecule has 0 bridgehead atoms. The zero-order valence-electron chi connectivity index (χ0n) is 20.1. The van der Waals surface area contributed by atoms with Gasteiger partial charge in [0.15, 0.2) is 5.58 Å². The van der Waals surface area contributed by atoms with Crippen molar-refractivity contribution in [3.63, 3.8) is 0 Å². The van der Waals surface area contributed by atoms with Gasteiger partial charge in [-0.05, 0) is 37.3 Å². The average Bonchev–Trinajstić information content (AvgIpc) is 3.29. The number of esters is 1. The second-order valence-electron chi connectivity index (χ2n) is 8.20. The largest absolute Gasteiger partial charge is 0.465 e. The van der Waals surface area contributed by atoms with E-state index in [0.29, 0.717) is 27.4 Å². The minimum Gasteiger partial charge on any atom is -0.465 e. The predicted molar refractivity (Wildman–Crippen MR) is 139 cm³/mol. The molecule has 10 nitrogen and oxygen atoms in total. The molecule has 1 aliphatic rings. The lowest BCUT2D eigenvalue weighted by molar-refractivity contribution is -0.113. The molecule has 3 heterocycles. The summed E-state index contributed by atoms with van der Waals surface area (Å²) in [4.78, 5) is 38.4. The zero-order chi connectivity index (χ0) is 26.8. The lowest BCUT2D eigenvalue weighted by Crippen LogP contribution is -2.37. The molecule has 5 rings (SSSR count). The molecule has 1 aliphatic heterocycles. The monoisotopic (exact) mass is 534 g/mol. The number of anilines is 2. The van der Waals surface area contributed by atoms with Gasteiger partial charge >= 0.3 is 12.0 Å². The van der Waals surface area contributed by atoms with Crippen molar-refractivity contribution in [1.82, 2.24) is 15.3 Å². The van der Waals surface area contributed by atoms with Gasteiger partial charge in [0.2, 0.25) is 5.96 Å². The summed E-state index contributed by atoms with van der Waals surface area (Å²) >= 11 is 6.49. The summed E-state index contributed by atoms with van der Waals surface area (Å²) in [6.45, 7) is 1.70. The van der Waals surface area contributed by atoms with Crippen LogP contribution < -0.4 is 16.0 Å². The molecule has 1 amide bonds. The molecule has 4 aromatic rings. The molecule has 3 N–H and O–H groups in total. The number of ether oxygens (including phenoxy) is 1. The first-order chi connectivity index (χ1) is 18.3. The van der Waals surface area contributed by atoms with Crippen LogP contribution in [-0.4, -0.2) is 34.9 Å². The molecule has 0 aliphatic carbocycles. The van der Waals surface area contributed by atoms with E-state index < -0.39 is 23.7 Å². The maximum Gasteiger partial charge on any atom is 0.338 e. The number of halogens is 2. The molecule has 0 radical (unpaired) electrons. The van der Waals surface area contributed by atoms with Gasteiger partial charge in [-0.2, -0.15) is 4.98 Å². The van der Waals surface area contributed by atoms with Crippen molar-refractivity contribution in [2.24, 2.45) is 4.99 Å². The number of aromatic nitrogens is 2. The number of allylic oxidation sites excluding steroid dienone is 1. The fourth-order valence-electron chi connectivity index (χ4n) is 3.94. The van der Waals surface area contributed by atoms with E-state index in [1.807, 2.05) is 0 Å². The maximum atomic E-state index is 13.6. The lowest BCUT2D eigenvalue weighted by atomic mass is 9.95. The fraction of sp³-hybridized carbons (Fsp3) is 0.115. The van der Waals surface area contributed by atoms with Crippen molar-refractivity contribution in [1.29, 1.82) is 0 Å². The topological polar surface area (TPSA) is 131 Å². The molecule has 1 unspecified atom stereocenters. The van der Waals surface area contributed by atoms with Gasteiger partial charge in [-0.15, -0.1) is 0 Å². The highest BCUT2D eigenvalue weighted by Crippen LogP contribution is 2.35. The molecular formula is C26H20ClFN6O4. The van der Waals surface area contributed by atoms with Gasteiger partial charge in [-0.3, -0.25) is 10.1 Å². The molecule has 2 aromatic heterocycles. The van der Waals surface area contributed by atoms with Crippen LogP contribution in [-0.2, 0) is 9.53 Å². The quantitative estimate of drug-likeness (QED) is 0.310. The van der Waals surface area contributed by atoms with Crippen LogP contribution in [0.15, 0.2) is 81.5 Å². The Balaban J connectivity index is 1.47. The molecule has 192 valence electrons. The number of hydrogen-bond donors (Lipinski definition) is 3. The summed E-state index contributed by atoms with van der Waals surface area (Å²) in [5.74, 6) is -1.11. The van der Waals surface area contributed by atoms with Gasteiger partial charge in [-0.1, -0.05) is 29.8 Å². The maximum absolute atomic E-state index is 13.6. The summed E-state index contributed by atoms with van der Waals surface area (Å²) in [5.41, 5.74) is 2.28. The van der Waals surface area contributed by atoms with Crippen LogP contribution >= 0.6 is 11.6 Å². The van der Waals surface area contributed by atoms with Gasteiger partial charge in [0.1, 0.15) is 23.2 Å². The van der Waals surface area contributed by atoms with E-state index in [2.05, 4.69) is 30.9 Å². The number of oxazole rings is 1. The minimum atomic E-state index is -0.821. The first kappa shape index (κ1) is 24.9. The number of aliphatic imine (C=N–C) groups is 1. The SMILES string of the molecule is COC(=O)c1ccnc(NC(=O)C2=C(C)NC(Nc3nc4cc(F)ccc4o3)=NC2c2ccccc2Cl)c1. The number of methoxy groups -OCH3 is 1. The number of amides is 1. The summed E-state index contributed by atoms with van der Waals surface area (Å²) in [7, 11) is 1.26. The van der Waals surface area contributed by atoms with Crippen molar-refractivity contribution >= 4 is 52.4 Å². The number of guanidine groups is 1. The molecule has 0 spiro atoms. The zero-order valence-corrected chi connectivity index (χ0v) is 20.8. The molecule has 0 saturated carbocycles. The number of fused-ring (bicyclic) bond motifs is 1. The highest BCUT2D eigenvalue weighted by atomic mass is 35.5. The normalized spacial score (nSPS) is 15.1. The minimum absolute atomic E-state index is 0.0827. The highest BCUT2D eigenvalue weighted by molar-refractivity contribution is 6.31. The predicted octanol–water partition coefficient (Wildman–Crippen LogP) is 4.83. The van der Waals surface area contributed by atoms with Gasteiger partial charge in [0.05, 0.1) is 18.2 Å². The van der Waals surface area contributed by atoms with Gasteiger partial charge in [0.25, 0.3) is 5.91 Å². The van der Waals surface area contributed by atoms with Gasteiger partial charge < -0.3 is 19.8 Å². The summed E-state index contributed by atoms with van der Waals surface area (Å²) in [5, 5.41) is 9.10. The Hall–Kier alpha value is -4.77. The van der Waals surface area contributed by atoms with Gasteiger partial charge in [0, 0.05) is 28.5 Å². The van der Waals surface area contributed by atoms with Gasteiger partial charge in [-0.25, -0.2) is 19.2 Å². The van der Waals surface area contributed by atoms with E-state index >= 15 is 0 Å². The van der Waals surface area contributed by atoms with E-state index in [1.54, 1.807) is 31.2 Å². The average molecular weight is 535 g/mol. The third kappa shape index (κ3) is 5.04. The number of benzene rings is 2. The van der Waals surface area contributed by atoms with Crippen LogP contribution in [0.3, 0.4) is 0 Å². The lowest BCUT2D eigenvalue weighted by Gasteiger charge is -2.26. The Morgan fingerprint density at radius 3 is 2.76 bits per heavy atom. The molecular weight excluding hydrogens is 515 g/mol. The third-order valence-corrected chi connectivity index (χ3v) is 6.03. The van der Waals surface area contributed by atoms with Crippen LogP contribution in [0.25, 0.3) is 11.1 Å². The van der Waals surface area contributed by atoms with Crippen molar-refractivity contribution < 1.29 is 23.1 Å². The summed E-state index contributed by atoms with van der Waals surface area (Å²) in [6.07, 6.45) is 1.39. The highest BCUT2D eigenvalue weighted by Gasteiger charge is 2.31. The van der Waals surface area contributed by atoms with Crippen LogP contribution in [0.5, 0.6) is 0 Å². The Labute approximate surface area is 220 Å². The number of hydrogen-bond acceptors (Lipinski definition) is 9. The third-order valence-electron chi connectivity index (χ3n) is 5.68. The van der Waals surface area contributed by atoms with E-state index in [-0.39, 0.29) is 28.9 Å². The Morgan fingerprint density at radius 1 is 1.16 bits per heavy atom. The number of nitrogens with one attached hydrogen (secondary N) is 3. The van der Waals surface area contributed by atoms with Crippen molar-refractivity contribution in [3.05, 3.63) is 94.0 Å². The molecule has 0 fully saturated rings. The Morgan fingerprint density at radius 2 is 1.97 bits per heavy atom. The van der Waals surface area contributed by atoms with Crippen LogP contribution in [0.4, 0.5) is 16.2 Å². The Bertz CT molecular complexity index is 1630. The smallest absolute Gasteiger partial charge is 0.338 e. The second kappa shape index (κ2) is 10.3. The first-order valence-electron chi connectivity index (χ1n) is 11.3. The van der Waals surface area contributed by atoms with Crippen LogP contribution in [0.1, 0.15) is 28.9 Å². The number of carbonyl (C=O) groups is 2.